The van der Waals surface area contributed by atoms with Gasteiger partial charge in [-0.25, -0.2) is 4.68 Å². The third-order valence-corrected chi connectivity index (χ3v) is 5.07. The lowest BCUT2D eigenvalue weighted by molar-refractivity contribution is 0.892. The van der Waals surface area contributed by atoms with Crippen molar-refractivity contribution >= 4 is 0 Å². The van der Waals surface area contributed by atoms with Gasteiger partial charge >= 0.3 is 0 Å². The van der Waals surface area contributed by atoms with Crippen molar-refractivity contribution in [1.82, 2.24) is 9.78 Å². The molecule has 0 aliphatic carbocycles. The quantitative estimate of drug-likeness (QED) is 0.336. The van der Waals surface area contributed by atoms with E-state index in [4.69, 9.17) is 5.10 Å². The predicted molar refractivity (Wildman–Crippen MR) is 120 cm³/mol. The molecule has 5 rings (SSSR count). The Morgan fingerprint density at radius 2 is 0.931 bits per heavy atom. The van der Waals surface area contributed by atoms with Crippen molar-refractivity contribution in [2.75, 3.05) is 0 Å². The first-order chi connectivity index (χ1) is 14.4. The normalized spacial score (nSPS) is 10.8. The van der Waals surface area contributed by atoms with Crippen LogP contribution in [-0.4, -0.2) is 9.78 Å². The van der Waals surface area contributed by atoms with E-state index < -0.39 is 0 Å². The van der Waals surface area contributed by atoms with Gasteiger partial charge in [0.1, 0.15) is 0 Å². The molecule has 138 valence electrons. The molecule has 0 fully saturated rings. The first-order valence-corrected chi connectivity index (χ1v) is 9.75. The topological polar surface area (TPSA) is 17.8 Å². The van der Waals surface area contributed by atoms with Crippen molar-refractivity contribution < 1.29 is 0 Å². The highest BCUT2D eigenvalue weighted by Crippen LogP contribution is 2.30. The molecule has 0 aliphatic heterocycles. The average molecular weight is 372 g/mol. The predicted octanol–water partition coefficient (Wildman–Crippen LogP) is 6.87. The van der Waals surface area contributed by atoms with Crippen molar-refractivity contribution in [3.63, 3.8) is 0 Å². The van der Waals surface area contributed by atoms with Crippen molar-refractivity contribution in [3.8, 4) is 39.3 Å². The second kappa shape index (κ2) is 7.61. The molecule has 1 heterocycles. The molecule has 0 bridgehead atoms. The van der Waals surface area contributed by atoms with Gasteiger partial charge in [-0.3, -0.25) is 0 Å². The van der Waals surface area contributed by atoms with Gasteiger partial charge in [-0.15, -0.1) is 0 Å². The zero-order valence-electron chi connectivity index (χ0n) is 15.9. The molecule has 0 spiro atoms. The van der Waals surface area contributed by atoms with Crippen molar-refractivity contribution in [3.05, 3.63) is 121 Å². The monoisotopic (exact) mass is 372 g/mol. The summed E-state index contributed by atoms with van der Waals surface area (Å²) in [6.45, 7) is 0. The van der Waals surface area contributed by atoms with Crippen LogP contribution in [0.3, 0.4) is 0 Å². The number of aromatic nitrogens is 2. The second-order valence-electron chi connectivity index (χ2n) is 6.97. The molecular formula is C27H20N2. The molecule has 0 radical (unpaired) electrons. The molecule has 0 saturated carbocycles. The van der Waals surface area contributed by atoms with Crippen LogP contribution in [0, 0.1) is 0 Å². The maximum absolute atomic E-state index is 4.92. The van der Waals surface area contributed by atoms with Gasteiger partial charge in [0, 0.05) is 11.1 Å². The number of rotatable bonds is 4. The SMILES string of the molecule is c1ccc(-c2ccc(-c3cc(-c4ccccc4)nn3-c3ccccc3)cc2)cc1. The minimum atomic E-state index is 0.969. The number of benzene rings is 4. The van der Waals surface area contributed by atoms with Gasteiger partial charge in [-0.1, -0.05) is 103 Å². The molecule has 29 heavy (non-hydrogen) atoms. The Kier molecular flexibility index (Phi) is 4.51. The summed E-state index contributed by atoms with van der Waals surface area (Å²) in [5, 5.41) is 4.92. The molecule has 0 saturated heterocycles. The highest BCUT2D eigenvalue weighted by atomic mass is 15.3. The largest absolute Gasteiger partial charge is 0.232 e. The zero-order valence-corrected chi connectivity index (χ0v) is 15.9. The van der Waals surface area contributed by atoms with E-state index in [9.17, 15) is 0 Å². The smallest absolute Gasteiger partial charge is 0.0934 e. The van der Waals surface area contributed by atoms with E-state index in [2.05, 4.69) is 78.9 Å². The van der Waals surface area contributed by atoms with Gasteiger partial charge < -0.3 is 0 Å². The maximum atomic E-state index is 4.92. The lowest BCUT2D eigenvalue weighted by atomic mass is 10.0. The lowest BCUT2D eigenvalue weighted by Crippen LogP contribution is -1.98. The fourth-order valence-electron chi connectivity index (χ4n) is 3.57. The van der Waals surface area contributed by atoms with Crippen LogP contribution in [0.4, 0.5) is 0 Å². The Bertz CT molecular complexity index is 1210. The fourth-order valence-corrected chi connectivity index (χ4v) is 3.57. The average Bonchev–Trinajstić information content (AvgIpc) is 3.27. The van der Waals surface area contributed by atoms with E-state index in [1.54, 1.807) is 0 Å². The highest BCUT2D eigenvalue weighted by molar-refractivity contribution is 5.73. The molecule has 5 aromatic rings. The molecule has 0 aliphatic rings. The van der Waals surface area contributed by atoms with Crippen LogP contribution in [0.1, 0.15) is 0 Å². The van der Waals surface area contributed by atoms with Gasteiger partial charge in [0.25, 0.3) is 0 Å². The Morgan fingerprint density at radius 1 is 0.448 bits per heavy atom. The van der Waals surface area contributed by atoms with Gasteiger partial charge in [-0.2, -0.15) is 5.10 Å². The van der Waals surface area contributed by atoms with E-state index in [1.807, 2.05) is 47.1 Å². The Morgan fingerprint density at radius 3 is 1.55 bits per heavy atom. The standard InChI is InChI=1S/C27H20N2/c1-4-10-21(11-5-1)22-16-18-24(19-17-22)27-20-26(23-12-6-2-7-13-23)28-29(27)25-14-8-3-9-15-25/h1-20H. The molecule has 0 unspecified atom stereocenters. The first-order valence-electron chi connectivity index (χ1n) is 9.75. The summed E-state index contributed by atoms with van der Waals surface area (Å²) >= 11 is 0. The highest BCUT2D eigenvalue weighted by Gasteiger charge is 2.13. The van der Waals surface area contributed by atoms with E-state index in [0.717, 1.165) is 28.2 Å². The summed E-state index contributed by atoms with van der Waals surface area (Å²) in [6, 6.07) is 41.9. The summed E-state index contributed by atoms with van der Waals surface area (Å²) in [4.78, 5) is 0. The van der Waals surface area contributed by atoms with Gasteiger partial charge in [0.15, 0.2) is 0 Å². The van der Waals surface area contributed by atoms with Crippen LogP contribution in [-0.2, 0) is 0 Å². The third-order valence-electron chi connectivity index (χ3n) is 5.07. The molecule has 0 N–H and O–H groups in total. The van der Waals surface area contributed by atoms with E-state index >= 15 is 0 Å². The molecule has 2 heteroatoms. The van der Waals surface area contributed by atoms with Gasteiger partial charge in [0.2, 0.25) is 0 Å². The van der Waals surface area contributed by atoms with Crippen LogP contribution >= 0.6 is 0 Å². The maximum Gasteiger partial charge on any atom is 0.0934 e. The molecule has 4 aromatic carbocycles. The number of para-hydroxylation sites is 1. The van der Waals surface area contributed by atoms with Crippen molar-refractivity contribution in [1.29, 1.82) is 0 Å². The van der Waals surface area contributed by atoms with Crippen LogP contribution < -0.4 is 0 Å². The van der Waals surface area contributed by atoms with Crippen LogP contribution in [0.5, 0.6) is 0 Å². The fraction of sp³-hybridized carbons (Fsp3) is 0. The number of nitrogens with zero attached hydrogens (tertiary/aromatic N) is 2. The second-order valence-corrected chi connectivity index (χ2v) is 6.97. The molecule has 1 aromatic heterocycles. The van der Waals surface area contributed by atoms with Gasteiger partial charge in [-0.05, 0) is 29.3 Å². The number of hydrogen-bond acceptors (Lipinski definition) is 1. The molecule has 0 atom stereocenters. The number of hydrogen-bond donors (Lipinski definition) is 0. The third kappa shape index (κ3) is 3.48. The summed E-state index contributed by atoms with van der Waals surface area (Å²) in [6.07, 6.45) is 0. The summed E-state index contributed by atoms with van der Waals surface area (Å²) in [5.41, 5.74) is 7.79. The van der Waals surface area contributed by atoms with Crippen LogP contribution in [0.25, 0.3) is 39.3 Å². The lowest BCUT2D eigenvalue weighted by Gasteiger charge is -2.08. The molecule has 0 amide bonds. The van der Waals surface area contributed by atoms with E-state index in [-0.39, 0.29) is 0 Å². The minimum Gasteiger partial charge on any atom is -0.232 e. The van der Waals surface area contributed by atoms with E-state index in [0.29, 0.717) is 0 Å². The summed E-state index contributed by atoms with van der Waals surface area (Å²) in [7, 11) is 0. The summed E-state index contributed by atoms with van der Waals surface area (Å²) in [5.74, 6) is 0. The Balaban J connectivity index is 1.61. The zero-order chi connectivity index (χ0) is 19.5. The first kappa shape index (κ1) is 17.2. The van der Waals surface area contributed by atoms with Gasteiger partial charge in [0.05, 0.1) is 17.1 Å². The van der Waals surface area contributed by atoms with Crippen LogP contribution in [0.15, 0.2) is 121 Å². The van der Waals surface area contributed by atoms with Crippen molar-refractivity contribution in [2.45, 2.75) is 0 Å². The van der Waals surface area contributed by atoms with Crippen molar-refractivity contribution in [2.24, 2.45) is 0 Å². The molecular weight excluding hydrogens is 352 g/mol. The van der Waals surface area contributed by atoms with E-state index in [1.165, 1.54) is 11.1 Å². The molecule has 2 nitrogen and oxygen atoms in total. The minimum absolute atomic E-state index is 0.969. The Labute approximate surface area is 170 Å². The van der Waals surface area contributed by atoms with Crippen LogP contribution in [0.2, 0.25) is 0 Å². The summed E-state index contributed by atoms with van der Waals surface area (Å²) < 4.78 is 2.03. The Hall–Kier alpha value is -3.91.